The molecule has 0 spiro atoms. The predicted octanol–water partition coefficient (Wildman–Crippen LogP) is 8.79. The van der Waals surface area contributed by atoms with Gasteiger partial charge in [-0.2, -0.15) is 5.10 Å². The van der Waals surface area contributed by atoms with E-state index in [1.807, 2.05) is 50.2 Å². The van der Waals surface area contributed by atoms with E-state index < -0.39 is 11.9 Å². The number of esters is 1. The number of amides is 1. The van der Waals surface area contributed by atoms with Crippen molar-refractivity contribution in [1.29, 1.82) is 0 Å². The molecule has 11 heteroatoms. The standard InChI is InChI=1S/C33H26Br2ClN3O5/c1-3-42-27-14-12-19(17-28(27)43-4-2)33(41)44-26-15-13-21(34)16-20(26)18-37-39-32(40)31-29(22-8-5-6-11-25(22)36)23-9-7-10-24(35)30(23)38-31/h5-18,38H,3-4H2,1-2H3,(H,39,40). The van der Waals surface area contributed by atoms with Crippen LogP contribution in [0.1, 0.15) is 40.3 Å². The summed E-state index contributed by atoms with van der Waals surface area (Å²) < 4.78 is 18.5. The highest BCUT2D eigenvalue weighted by atomic mass is 79.9. The van der Waals surface area contributed by atoms with E-state index in [1.165, 1.54) is 6.21 Å². The van der Waals surface area contributed by atoms with Crippen molar-refractivity contribution in [2.75, 3.05) is 13.2 Å². The fraction of sp³-hybridized carbons (Fsp3) is 0.121. The Bertz CT molecular complexity index is 1890. The van der Waals surface area contributed by atoms with E-state index in [1.54, 1.807) is 42.5 Å². The molecular formula is C33H26Br2ClN3O5. The van der Waals surface area contributed by atoms with Gasteiger partial charge in [-0.25, -0.2) is 10.2 Å². The van der Waals surface area contributed by atoms with Crippen molar-refractivity contribution < 1.29 is 23.8 Å². The lowest BCUT2D eigenvalue weighted by molar-refractivity contribution is 0.0733. The molecule has 44 heavy (non-hydrogen) atoms. The predicted molar refractivity (Wildman–Crippen MR) is 179 cm³/mol. The van der Waals surface area contributed by atoms with Gasteiger partial charge in [0.15, 0.2) is 11.5 Å². The molecule has 0 fully saturated rings. The highest BCUT2D eigenvalue weighted by molar-refractivity contribution is 9.11. The second-order valence-corrected chi connectivity index (χ2v) is 11.5. The monoisotopic (exact) mass is 737 g/mol. The lowest BCUT2D eigenvalue weighted by atomic mass is 10.0. The van der Waals surface area contributed by atoms with Crippen molar-refractivity contribution in [1.82, 2.24) is 10.4 Å². The zero-order valence-corrected chi connectivity index (χ0v) is 27.5. The maximum atomic E-state index is 13.5. The average molecular weight is 740 g/mol. The van der Waals surface area contributed by atoms with Gasteiger partial charge in [-0.15, -0.1) is 0 Å². The van der Waals surface area contributed by atoms with Gasteiger partial charge < -0.3 is 19.2 Å². The fourth-order valence-electron chi connectivity index (χ4n) is 4.56. The van der Waals surface area contributed by atoms with Gasteiger partial charge in [-0.1, -0.05) is 57.9 Å². The number of halogens is 3. The number of benzene rings is 4. The molecule has 0 atom stereocenters. The molecule has 5 aromatic rings. The summed E-state index contributed by atoms with van der Waals surface area (Å²) in [5.74, 6) is 0.158. The summed E-state index contributed by atoms with van der Waals surface area (Å²) in [6.07, 6.45) is 1.41. The van der Waals surface area contributed by atoms with E-state index in [0.29, 0.717) is 52.1 Å². The number of hydrogen-bond acceptors (Lipinski definition) is 6. The number of para-hydroxylation sites is 1. The molecular weight excluding hydrogens is 714 g/mol. The number of H-pyrrole nitrogens is 1. The molecule has 4 aromatic carbocycles. The summed E-state index contributed by atoms with van der Waals surface area (Å²) in [4.78, 5) is 29.8. The Labute approximate surface area is 275 Å². The third kappa shape index (κ3) is 6.83. The van der Waals surface area contributed by atoms with Crippen molar-refractivity contribution in [3.05, 3.63) is 110 Å². The Balaban J connectivity index is 1.40. The second-order valence-electron chi connectivity index (χ2n) is 9.32. The third-order valence-corrected chi connectivity index (χ3v) is 7.96. The molecule has 1 amide bonds. The summed E-state index contributed by atoms with van der Waals surface area (Å²) >= 11 is 13.5. The van der Waals surface area contributed by atoms with E-state index in [-0.39, 0.29) is 11.3 Å². The van der Waals surface area contributed by atoms with Crippen LogP contribution >= 0.6 is 43.5 Å². The fourth-order valence-corrected chi connectivity index (χ4v) is 5.64. The van der Waals surface area contributed by atoms with Crippen LogP contribution in [0.3, 0.4) is 0 Å². The minimum Gasteiger partial charge on any atom is -0.490 e. The van der Waals surface area contributed by atoms with Crippen molar-refractivity contribution in [2.45, 2.75) is 13.8 Å². The van der Waals surface area contributed by atoms with E-state index in [0.717, 1.165) is 19.8 Å². The topological polar surface area (TPSA) is 102 Å². The maximum absolute atomic E-state index is 13.5. The molecule has 0 saturated heterocycles. The maximum Gasteiger partial charge on any atom is 0.343 e. The van der Waals surface area contributed by atoms with Crippen LogP contribution in [0.25, 0.3) is 22.0 Å². The van der Waals surface area contributed by atoms with E-state index >= 15 is 0 Å². The van der Waals surface area contributed by atoms with Gasteiger partial charge >= 0.3 is 5.97 Å². The second kappa shape index (κ2) is 14.1. The first-order chi connectivity index (χ1) is 21.3. The zero-order chi connectivity index (χ0) is 31.2. The lowest BCUT2D eigenvalue weighted by Gasteiger charge is -2.13. The van der Waals surface area contributed by atoms with Gasteiger partial charge in [0.1, 0.15) is 11.4 Å². The minimum atomic E-state index is -0.594. The normalized spacial score (nSPS) is 11.1. The van der Waals surface area contributed by atoms with Crippen molar-refractivity contribution in [3.8, 4) is 28.4 Å². The quantitative estimate of drug-likeness (QED) is 0.0646. The molecule has 0 radical (unpaired) electrons. The molecule has 5 rings (SSSR count). The molecule has 224 valence electrons. The Morgan fingerprint density at radius 1 is 0.909 bits per heavy atom. The van der Waals surface area contributed by atoms with Gasteiger partial charge in [-0.3, -0.25) is 4.79 Å². The number of nitrogens with one attached hydrogen (secondary N) is 2. The Kier molecular flexibility index (Phi) is 10.0. The Hall–Kier alpha value is -4.12. The van der Waals surface area contributed by atoms with Crippen LogP contribution in [0.15, 0.2) is 92.9 Å². The highest BCUT2D eigenvalue weighted by Gasteiger charge is 2.22. The first kappa shape index (κ1) is 31.3. The van der Waals surface area contributed by atoms with Gasteiger partial charge in [0.05, 0.1) is 30.5 Å². The number of ether oxygens (including phenoxy) is 3. The minimum absolute atomic E-state index is 0.245. The first-order valence-corrected chi connectivity index (χ1v) is 15.6. The average Bonchev–Trinajstić information content (AvgIpc) is 3.40. The van der Waals surface area contributed by atoms with Gasteiger partial charge in [0, 0.05) is 36.0 Å². The van der Waals surface area contributed by atoms with Crippen molar-refractivity contribution >= 4 is 72.5 Å². The number of carbonyl (C=O) groups is 2. The molecule has 1 aromatic heterocycles. The molecule has 8 nitrogen and oxygen atoms in total. The van der Waals surface area contributed by atoms with Crippen LogP contribution in [-0.4, -0.2) is 36.3 Å². The van der Waals surface area contributed by atoms with Crippen LogP contribution in [0.2, 0.25) is 5.02 Å². The molecule has 1 heterocycles. The summed E-state index contributed by atoms with van der Waals surface area (Å²) in [7, 11) is 0. The number of hydrogen-bond donors (Lipinski definition) is 2. The van der Waals surface area contributed by atoms with Crippen molar-refractivity contribution in [3.63, 3.8) is 0 Å². The number of carbonyl (C=O) groups excluding carboxylic acids is 2. The summed E-state index contributed by atoms with van der Waals surface area (Å²) in [6.45, 7) is 4.59. The lowest BCUT2D eigenvalue weighted by Crippen LogP contribution is -2.19. The molecule has 0 bridgehead atoms. The smallest absolute Gasteiger partial charge is 0.343 e. The number of aromatic amines is 1. The van der Waals surface area contributed by atoms with Crippen LogP contribution in [0, 0.1) is 0 Å². The Morgan fingerprint density at radius 3 is 2.43 bits per heavy atom. The molecule has 0 unspecified atom stereocenters. The van der Waals surface area contributed by atoms with E-state index in [2.05, 4.69) is 47.4 Å². The molecule has 0 saturated carbocycles. The molecule has 0 aliphatic heterocycles. The zero-order valence-electron chi connectivity index (χ0n) is 23.6. The van der Waals surface area contributed by atoms with E-state index in [4.69, 9.17) is 25.8 Å². The van der Waals surface area contributed by atoms with Gasteiger partial charge in [0.25, 0.3) is 5.91 Å². The van der Waals surface area contributed by atoms with Crippen LogP contribution in [0.4, 0.5) is 0 Å². The SMILES string of the molecule is CCOc1ccc(C(=O)Oc2ccc(Br)cc2C=NNC(=O)c2[nH]c3c(Br)cccc3c2-c2ccccc2Cl)cc1OCC. The Morgan fingerprint density at radius 2 is 1.66 bits per heavy atom. The number of rotatable bonds is 10. The van der Waals surface area contributed by atoms with Crippen LogP contribution < -0.4 is 19.6 Å². The molecule has 2 N–H and O–H groups in total. The van der Waals surface area contributed by atoms with Gasteiger partial charge in [-0.05, 0) is 78.3 Å². The van der Waals surface area contributed by atoms with Crippen LogP contribution in [-0.2, 0) is 0 Å². The summed E-state index contributed by atoms with van der Waals surface area (Å²) in [5.41, 5.74) is 5.72. The van der Waals surface area contributed by atoms with Crippen LogP contribution in [0.5, 0.6) is 17.2 Å². The summed E-state index contributed by atoms with van der Waals surface area (Å²) in [6, 6.07) is 23.0. The molecule has 0 aliphatic carbocycles. The third-order valence-electron chi connectivity index (χ3n) is 6.48. The van der Waals surface area contributed by atoms with Crippen molar-refractivity contribution in [2.24, 2.45) is 5.10 Å². The summed E-state index contributed by atoms with van der Waals surface area (Å²) in [5, 5.41) is 5.51. The van der Waals surface area contributed by atoms with Gasteiger partial charge in [0.2, 0.25) is 0 Å². The van der Waals surface area contributed by atoms with E-state index in [9.17, 15) is 9.59 Å². The number of hydrazone groups is 1. The first-order valence-electron chi connectivity index (χ1n) is 13.6. The number of nitrogens with zero attached hydrogens (tertiary/aromatic N) is 1. The number of fused-ring (bicyclic) bond motifs is 1. The largest absolute Gasteiger partial charge is 0.490 e. The molecule has 0 aliphatic rings. The number of aromatic nitrogens is 1. The highest BCUT2D eigenvalue weighted by Crippen LogP contribution is 2.38.